The van der Waals surface area contributed by atoms with E-state index in [0.29, 0.717) is 0 Å². The number of fused-ring (bicyclic) bond motifs is 1. The van der Waals surface area contributed by atoms with Crippen molar-refractivity contribution in [3.05, 3.63) is 49.1 Å². The highest BCUT2D eigenvalue weighted by molar-refractivity contribution is 9.10. The summed E-state index contributed by atoms with van der Waals surface area (Å²) < 4.78 is 7.01. The highest BCUT2D eigenvalue weighted by Crippen LogP contribution is 2.41. The van der Waals surface area contributed by atoms with Gasteiger partial charge in [-0.1, -0.05) is 18.5 Å². The Bertz CT molecular complexity index is 643. The highest BCUT2D eigenvalue weighted by atomic mass is 79.9. The van der Waals surface area contributed by atoms with Crippen LogP contribution in [0, 0.1) is 0 Å². The van der Waals surface area contributed by atoms with Gasteiger partial charge in [0, 0.05) is 26.4 Å². The zero-order valence-corrected chi connectivity index (χ0v) is 14.9. The minimum absolute atomic E-state index is 0.116. The molecule has 2 heterocycles. The van der Waals surface area contributed by atoms with Crippen molar-refractivity contribution in [1.29, 1.82) is 0 Å². The number of rotatable bonds is 5. The molecule has 0 spiro atoms. The molecule has 1 aromatic heterocycles. The van der Waals surface area contributed by atoms with Crippen LogP contribution < -0.4 is 10.1 Å². The van der Waals surface area contributed by atoms with Gasteiger partial charge in [0.1, 0.15) is 5.75 Å². The SMILES string of the molecule is CCCNC(c1cc(Cl)cc2c1OCC2)c1sccc1Br. The minimum Gasteiger partial charge on any atom is -0.493 e. The van der Waals surface area contributed by atoms with E-state index in [4.69, 9.17) is 16.3 Å². The Morgan fingerprint density at radius 2 is 2.33 bits per heavy atom. The summed E-state index contributed by atoms with van der Waals surface area (Å²) in [5.41, 5.74) is 2.36. The molecule has 1 aliphatic rings. The molecule has 3 rings (SSSR count). The molecular weight excluding hydrogens is 370 g/mol. The molecule has 1 unspecified atom stereocenters. The third-order valence-corrected chi connectivity index (χ3v) is 5.75. The Morgan fingerprint density at radius 1 is 1.48 bits per heavy atom. The third kappa shape index (κ3) is 3.14. The maximum Gasteiger partial charge on any atom is 0.127 e. The molecule has 112 valence electrons. The Kier molecular flexibility index (Phi) is 4.89. The molecule has 21 heavy (non-hydrogen) atoms. The van der Waals surface area contributed by atoms with Crippen molar-refractivity contribution in [3.8, 4) is 5.75 Å². The van der Waals surface area contributed by atoms with E-state index >= 15 is 0 Å². The standard InChI is InChI=1S/C16H17BrClNOS/c1-2-5-19-14(16-13(17)4-7-21-16)12-9-11(18)8-10-3-6-20-15(10)12/h4,7-9,14,19H,2-3,5-6H2,1H3. The van der Waals surface area contributed by atoms with Crippen molar-refractivity contribution < 1.29 is 4.74 Å². The van der Waals surface area contributed by atoms with Gasteiger partial charge in [0.05, 0.1) is 12.6 Å². The van der Waals surface area contributed by atoms with Gasteiger partial charge in [-0.15, -0.1) is 11.3 Å². The molecule has 0 amide bonds. The van der Waals surface area contributed by atoms with E-state index in [9.17, 15) is 0 Å². The van der Waals surface area contributed by atoms with Crippen LogP contribution in [0.2, 0.25) is 5.02 Å². The lowest BCUT2D eigenvalue weighted by Crippen LogP contribution is -2.23. The average Bonchev–Trinajstić information content (AvgIpc) is 3.08. The zero-order valence-electron chi connectivity index (χ0n) is 11.8. The second-order valence-corrected chi connectivity index (χ2v) is 7.34. The fourth-order valence-corrected chi connectivity index (χ4v) is 4.60. The topological polar surface area (TPSA) is 21.3 Å². The van der Waals surface area contributed by atoms with E-state index in [1.165, 1.54) is 10.4 Å². The van der Waals surface area contributed by atoms with Crippen LogP contribution in [0.1, 0.15) is 35.4 Å². The molecule has 0 saturated carbocycles. The smallest absolute Gasteiger partial charge is 0.127 e. The van der Waals surface area contributed by atoms with Crippen LogP contribution in [0.3, 0.4) is 0 Å². The number of hydrogen-bond donors (Lipinski definition) is 1. The second kappa shape index (κ2) is 6.69. The molecule has 1 atom stereocenters. The number of halogens is 2. The van der Waals surface area contributed by atoms with Crippen LogP contribution in [-0.2, 0) is 6.42 Å². The van der Waals surface area contributed by atoms with Crippen molar-refractivity contribution >= 4 is 38.9 Å². The van der Waals surface area contributed by atoms with Crippen LogP contribution in [0.4, 0.5) is 0 Å². The van der Waals surface area contributed by atoms with E-state index in [1.807, 2.05) is 12.1 Å². The normalized spacial score (nSPS) is 14.8. The lowest BCUT2D eigenvalue weighted by molar-refractivity contribution is 0.350. The first-order chi connectivity index (χ1) is 10.2. The van der Waals surface area contributed by atoms with Gasteiger partial charge in [-0.3, -0.25) is 0 Å². The monoisotopic (exact) mass is 385 g/mol. The minimum atomic E-state index is 0.116. The number of hydrogen-bond acceptors (Lipinski definition) is 3. The lowest BCUT2D eigenvalue weighted by atomic mass is 10.0. The number of thiophene rings is 1. The maximum atomic E-state index is 6.32. The van der Waals surface area contributed by atoms with Crippen LogP contribution in [-0.4, -0.2) is 13.2 Å². The largest absolute Gasteiger partial charge is 0.493 e. The maximum absolute atomic E-state index is 6.32. The molecule has 2 aromatic rings. The van der Waals surface area contributed by atoms with Gasteiger partial charge in [-0.2, -0.15) is 0 Å². The third-order valence-electron chi connectivity index (χ3n) is 3.59. The number of ether oxygens (including phenoxy) is 1. The lowest BCUT2D eigenvalue weighted by Gasteiger charge is -2.21. The fourth-order valence-electron chi connectivity index (χ4n) is 2.66. The quantitative estimate of drug-likeness (QED) is 0.763. The Balaban J connectivity index is 2.07. The van der Waals surface area contributed by atoms with Crippen molar-refractivity contribution in [2.24, 2.45) is 0 Å². The summed E-state index contributed by atoms with van der Waals surface area (Å²) in [7, 11) is 0. The summed E-state index contributed by atoms with van der Waals surface area (Å²) >= 11 is 11.7. The predicted octanol–water partition coefficient (Wildman–Crippen LogP) is 5.19. The van der Waals surface area contributed by atoms with Gasteiger partial charge in [0.25, 0.3) is 0 Å². The van der Waals surface area contributed by atoms with Gasteiger partial charge in [0.15, 0.2) is 0 Å². The summed E-state index contributed by atoms with van der Waals surface area (Å²) in [6.45, 7) is 3.87. The van der Waals surface area contributed by atoms with E-state index in [-0.39, 0.29) is 6.04 Å². The zero-order chi connectivity index (χ0) is 14.8. The Labute approximate surface area is 142 Å². The fraction of sp³-hybridized carbons (Fsp3) is 0.375. The predicted molar refractivity (Wildman–Crippen MR) is 92.8 cm³/mol. The molecule has 1 aliphatic heterocycles. The second-order valence-electron chi connectivity index (χ2n) is 5.10. The molecule has 0 aliphatic carbocycles. The molecule has 0 saturated heterocycles. The summed E-state index contributed by atoms with van der Waals surface area (Å²) in [6, 6.07) is 6.26. The van der Waals surface area contributed by atoms with Crippen LogP contribution >= 0.6 is 38.9 Å². The molecule has 5 heteroatoms. The van der Waals surface area contributed by atoms with Crippen molar-refractivity contribution in [1.82, 2.24) is 5.32 Å². The van der Waals surface area contributed by atoms with Gasteiger partial charge >= 0.3 is 0 Å². The van der Waals surface area contributed by atoms with Gasteiger partial charge in [0.2, 0.25) is 0 Å². The summed E-state index contributed by atoms with van der Waals surface area (Å²) in [5, 5.41) is 6.51. The van der Waals surface area contributed by atoms with Gasteiger partial charge in [-0.05, 0) is 58.0 Å². The van der Waals surface area contributed by atoms with Crippen LogP contribution in [0.25, 0.3) is 0 Å². The van der Waals surface area contributed by atoms with Crippen molar-refractivity contribution in [3.63, 3.8) is 0 Å². The van der Waals surface area contributed by atoms with Crippen molar-refractivity contribution in [2.45, 2.75) is 25.8 Å². The van der Waals surface area contributed by atoms with Crippen LogP contribution in [0.5, 0.6) is 5.75 Å². The Hall–Kier alpha value is -0.550. The molecule has 0 fully saturated rings. The molecular formula is C16H17BrClNOS. The molecule has 1 aromatic carbocycles. The van der Waals surface area contributed by atoms with Crippen molar-refractivity contribution in [2.75, 3.05) is 13.2 Å². The Morgan fingerprint density at radius 3 is 3.05 bits per heavy atom. The summed E-state index contributed by atoms with van der Waals surface area (Å²) in [4.78, 5) is 1.27. The summed E-state index contributed by atoms with van der Waals surface area (Å²) in [6.07, 6.45) is 2.03. The average molecular weight is 387 g/mol. The molecule has 0 radical (unpaired) electrons. The van der Waals surface area contributed by atoms with Gasteiger partial charge < -0.3 is 10.1 Å². The van der Waals surface area contributed by atoms with Gasteiger partial charge in [-0.25, -0.2) is 0 Å². The first-order valence-electron chi connectivity index (χ1n) is 7.12. The van der Waals surface area contributed by atoms with E-state index < -0.39 is 0 Å². The van der Waals surface area contributed by atoms with E-state index in [2.05, 4.69) is 39.6 Å². The van der Waals surface area contributed by atoms with E-state index in [0.717, 1.165) is 46.8 Å². The van der Waals surface area contributed by atoms with Crippen LogP contribution in [0.15, 0.2) is 28.1 Å². The first-order valence-corrected chi connectivity index (χ1v) is 9.17. The molecule has 0 bridgehead atoms. The van der Waals surface area contributed by atoms with E-state index in [1.54, 1.807) is 11.3 Å². The molecule has 2 nitrogen and oxygen atoms in total. The number of benzene rings is 1. The number of nitrogens with one attached hydrogen (secondary N) is 1. The highest BCUT2D eigenvalue weighted by Gasteiger charge is 2.26. The first kappa shape index (κ1) is 15.3. The molecule has 1 N–H and O–H groups in total. The summed E-state index contributed by atoms with van der Waals surface area (Å²) in [5.74, 6) is 1.01.